The van der Waals surface area contributed by atoms with Crippen LogP contribution in [0.2, 0.25) is 0 Å². The second-order valence-electron chi connectivity index (χ2n) is 4.88. The number of unbranched alkanes of at least 4 members (excludes halogenated alkanes) is 1. The zero-order chi connectivity index (χ0) is 13.2. The fourth-order valence-electron chi connectivity index (χ4n) is 2.18. The van der Waals surface area contributed by atoms with Crippen LogP contribution in [-0.4, -0.2) is 12.6 Å². The van der Waals surface area contributed by atoms with E-state index in [2.05, 4.69) is 49.4 Å². The minimum Gasteiger partial charge on any atom is -0.314 e. The number of aryl methyl sites for hydroxylation is 2. The summed E-state index contributed by atoms with van der Waals surface area (Å²) in [5, 5.41) is 3.55. The first-order valence-corrected chi connectivity index (χ1v) is 6.98. The topological polar surface area (TPSA) is 12.0 Å². The van der Waals surface area contributed by atoms with E-state index in [0.717, 1.165) is 25.8 Å². The second-order valence-corrected chi connectivity index (χ2v) is 4.88. The number of nitrogens with one attached hydrogen (secondary N) is 1. The maximum Gasteiger partial charge on any atom is 0.00866 e. The molecule has 1 unspecified atom stereocenters. The third kappa shape index (κ3) is 5.89. The molecule has 0 bridgehead atoms. The van der Waals surface area contributed by atoms with Gasteiger partial charge in [-0.2, -0.15) is 0 Å². The molecule has 0 saturated heterocycles. The van der Waals surface area contributed by atoms with Gasteiger partial charge in [-0.3, -0.25) is 0 Å². The summed E-state index contributed by atoms with van der Waals surface area (Å²) in [6.07, 6.45) is 10.8. The number of terminal acetylenes is 1. The first kappa shape index (κ1) is 14.8. The number of hydrogen-bond acceptors (Lipinski definition) is 1. The molecule has 1 heteroatoms. The van der Waals surface area contributed by atoms with E-state index in [-0.39, 0.29) is 0 Å². The van der Waals surface area contributed by atoms with E-state index in [9.17, 15) is 0 Å². The summed E-state index contributed by atoms with van der Waals surface area (Å²) >= 11 is 0. The van der Waals surface area contributed by atoms with Gasteiger partial charge in [-0.1, -0.05) is 36.8 Å². The molecule has 0 spiro atoms. The fourth-order valence-corrected chi connectivity index (χ4v) is 2.18. The Kier molecular flexibility index (Phi) is 7.22. The predicted molar refractivity (Wildman–Crippen MR) is 79.6 cm³/mol. The lowest BCUT2D eigenvalue weighted by Crippen LogP contribution is -2.29. The third-order valence-electron chi connectivity index (χ3n) is 3.27. The quantitative estimate of drug-likeness (QED) is 0.542. The molecule has 0 fully saturated rings. The molecule has 1 aromatic carbocycles. The molecule has 18 heavy (non-hydrogen) atoms. The van der Waals surface area contributed by atoms with Crippen molar-refractivity contribution in [1.82, 2.24) is 5.32 Å². The van der Waals surface area contributed by atoms with Gasteiger partial charge in [-0.25, -0.2) is 0 Å². The Morgan fingerprint density at radius 2 is 1.94 bits per heavy atom. The summed E-state index contributed by atoms with van der Waals surface area (Å²) in [4.78, 5) is 0. The summed E-state index contributed by atoms with van der Waals surface area (Å²) in [6.45, 7) is 5.33. The van der Waals surface area contributed by atoms with Crippen molar-refractivity contribution >= 4 is 0 Å². The first-order valence-electron chi connectivity index (χ1n) is 6.98. The van der Waals surface area contributed by atoms with Crippen molar-refractivity contribution in [3.8, 4) is 12.3 Å². The Balaban J connectivity index is 2.36. The van der Waals surface area contributed by atoms with Crippen molar-refractivity contribution in [2.24, 2.45) is 0 Å². The zero-order valence-corrected chi connectivity index (χ0v) is 11.7. The smallest absolute Gasteiger partial charge is 0.00866 e. The third-order valence-corrected chi connectivity index (χ3v) is 3.27. The van der Waals surface area contributed by atoms with E-state index in [0.29, 0.717) is 6.04 Å². The molecule has 1 aromatic rings. The normalized spacial score (nSPS) is 12.1. The lowest BCUT2D eigenvalue weighted by Gasteiger charge is -2.17. The Morgan fingerprint density at radius 1 is 1.22 bits per heavy atom. The molecule has 0 amide bonds. The summed E-state index contributed by atoms with van der Waals surface area (Å²) in [6, 6.07) is 9.45. The Labute approximate surface area is 112 Å². The summed E-state index contributed by atoms with van der Waals surface area (Å²) in [7, 11) is 0. The average Bonchev–Trinajstić information content (AvgIpc) is 2.38. The van der Waals surface area contributed by atoms with E-state index in [4.69, 9.17) is 6.42 Å². The van der Waals surface area contributed by atoms with E-state index in [1.54, 1.807) is 0 Å². The summed E-state index contributed by atoms with van der Waals surface area (Å²) < 4.78 is 0. The van der Waals surface area contributed by atoms with Crippen LogP contribution in [-0.2, 0) is 6.42 Å². The molecule has 0 aliphatic heterocycles. The van der Waals surface area contributed by atoms with Crippen molar-refractivity contribution in [3.63, 3.8) is 0 Å². The van der Waals surface area contributed by atoms with Gasteiger partial charge >= 0.3 is 0 Å². The Morgan fingerprint density at radius 3 is 2.56 bits per heavy atom. The van der Waals surface area contributed by atoms with Crippen LogP contribution < -0.4 is 5.32 Å². The highest BCUT2D eigenvalue weighted by Gasteiger charge is 2.06. The highest BCUT2D eigenvalue weighted by molar-refractivity contribution is 5.21. The maximum absolute atomic E-state index is 5.30. The molecule has 1 nitrogen and oxygen atoms in total. The van der Waals surface area contributed by atoms with Crippen LogP contribution in [0.4, 0.5) is 0 Å². The maximum atomic E-state index is 5.30. The summed E-state index contributed by atoms with van der Waals surface area (Å²) in [5.41, 5.74) is 2.76. The molecule has 1 rings (SSSR count). The van der Waals surface area contributed by atoms with Gasteiger partial charge in [-0.05, 0) is 44.7 Å². The molecule has 0 saturated carbocycles. The van der Waals surface area contributed by atoms with Crippen LogP contribution in [0.15, 0.2) is 24.3 Å². The molecule has 0 aromatic heterocycles. The monoisotopic (exact) mass is 243 g/mol. The molecular formula is C17H25N. The highest BCUT2D eigenvalue weighted by atomic mass is 14.9. The zero-order valence-electron chi connectivity index (χ0n) is 11.7. The van der Waals surface area contributed by atoms with Gasteiger partial charge in [0.2, 0.25) is 0 Å². The van der Waals surface area contributed by atoms with Crippen LogP contribution >= 0.6 is 0 Å². The van der Waals surface area contributed by atoms with Gasteiger partial charge in [0.25, 0.3) is 0 Å². The van der Waals surface area contributed by atoms with Gasteiger partial charge in [0, 0.05) is 12.5 Å². The van der Waals surface area contributed by atoms with Crippen molar-refractivity contribution in [3.05, 3.63) is 35.4 Å². The van der Waals surface area contributed by atoms with Gasteiger partial charge in [0.05, 0.1) is 0 Å². The van der Waals surface area contributed by atoms with Crippen molar-refractivity contribution in [2.45, 2.75) is 52.0 Å². The Hall–Kier alpha value is -1.26. The van der Waals surface area contributed by atoms with Crippen LogP contribution in [0, 0.1) is 19.3 Å². The number of hydrogen-bond donors (Lipinski definition) is 1. The molecular weight excluding hydrogens is 218 g/mol. The molecule has 1 atom stereocenters. The predicted octanol–water partition coefficient (Wildman–Crippen LogP) is 3.71. The van der Waals surface area contributed by atoms with Crippen molar-refractivity contribution < 1.29 is 0 Å². The standard InChI is InChI=1S/C17H25N/c1-4-6-7-8-17(18-5-2)14-13-16-11-9-15(3)10-12-16/h1,9-12,17-18H,5-8,13-14H2,2-3H3. The van der Waals surface area contributed by atoms with Gasteiger partial charge in [0.1, 0.15) is 0 Å². The number of benzene rings is 1. The Bertz CT molecular complexity index is 358. The number of rotatable bonds is 8. The molecule has 0 radical (unpaired) electrons. The van der Waals surface area contributed by atoms with Crippen LogP contribution in [0.3, 0.4) is 0 Å². The van der Waals surface area contributed by atoms with E-state index in [1.807, 2.05) is 0 Å². The van der Waals surface area contributed by atoms with Crippen molar-refractivity contribution in [2.75, 3.05) is 6.54 Å². The molecule has 98 valence electrons. The largest absolute Gasteiger partial charge is 0.314 e. The van der Waals surface area contributed by atoms with E-state index >= 15 is 0 Å². The van der Waals surface area contributed by atoms with Gasteiger partial charge < -0.3 is 5.32 Å². The molecule has 0 heterocycles. The molecule has 1 N–H and O–H groups in total. The SMILES string of the molecule is C#CCCCC(CCc1ccc(C)cc1)NCC. The first-order chi connectivity index (χ1) is 8.76. The fraction of sp³-hybridized carbons (Fsp3) is 0.529. The minimum absolute atomic E-state index is 0.602. The van der Waals surface area contributed by atoms with Crippen molar-refractivity contribution in [1.29, 1.82) is 0 Å². The van der Waals surface area contributed by atoms with Gasteiger partial charge in [-0.15, -0.1) is 12.3 Å². The average molecular weight is 243 g/mol. The highest BCUT2D eigenvalue weighted by Crippen LogP contribution is 2.11. The van der Waals surface area contributed by atoms with Crippen LogP contribution in [0.5, 0.6) is 0 Å². The minimum atomic E-state index is 0.602. The van der Waals surface area contributed by atoms with Gasteiger partial charge in [0.15, 0.2) is 0 Å². The second kappa shape index (κ2) is 8.78. The van der Waals surface area contributed by atoms with Crippen LogP contribution in [0.1, 0.15) is 43.7 Å². The molecule has 0 aliphatic rings. The molecule has 0 aliphatic carbocycles. The summed E-state index contributed by atoms with van der Waals surface area (Å²) in [5.74, 6) is 2.72. The lowest BCUT2D eigenvalue weighted by molar-refractivity contribution is 0.454. The van der Waals surface area contributed by atoms with E-state index in [1.165, 1.54) is 24.0 Å². The van der Waals surface area contributed by atoms with Crippen LogP contribution in [0.25, 0.3) is 0 Å². The van der Waals surface area contributed by atoms with E-state index < -0.39 is 0 Å². The lowest BCUT2D eigenvalue weighted by atomic mass is 10.0.